The maximum absolute atomic E-state index is 13.3. The summed E-state index contributed by atoms with van der Waals surface area (Å²) in [6, 6.07) is 3.23. The maximum atomic E-state index is 13.3. The minimum atomic E-state index is -3.91. The fourth-order valence-electron chi connectivity index (χ4n) is 1.22. The van der Waals surface area contributed by atoms with E-state index in [2.05, 4.69) is 4.74 Å². The monoisotopic (exact) mass is 276 g/mol. The van der Waals surface area contributed by atoms with Gasteiger partial charge >= 0.3 is 6.11 Å². The molecule has 1 aromatic rings. The Hall–Kier alpha value is -2.18. The van der Waals surface area contributed by atoms with Gasteiger partial charge < -0.3 is 15.6 Å². The van der Waals surface area contributed by atoms with E-state index < -0.39 is 24.3 Å². The molecule has 0 amide bonds. The molecule has 0 radical (unpaired) electrons. The summed E-state index contributed by atoms with van der Waals surface area (Å²) in [7, 11) is 0. The van der Waals surface area contributed by atoms with Gasteiger partial charge in [-0.25, -0.2) is 10.2 Å². The summed E-state index contributed by atoms with van der Waals surface area (Å²) in [5, 5.41) is 17.7. The van der Waals surface area contributed by atoms with Gasteiger partial charge in [0, 0.05) is 6.07 Å². The topological polar surface area (TPSA) is 109 Å². The largest absolute Gasteiger partial charge is 0.428 e. The molecule has 0 unspecified atom stereocenters. The Balaban J connectivity index is 3.21. The first-order valence-corrected chi connectivity index (χ1v) is 4.96. The number of nitrogens with two attached hydrogens (primary N) is 2. The standard InChI is InChI=1S/C10H11F3N4O2/c11-6-3-9(19-10(12,13)5-18)8(4-7(6)15)17(16)2-1-14/h3-4,18H,2,5,15-16H2. The lowest BCUT2D eigenvalue weighted by molar-refractivity contribution is -0.200. The van der Waals surface area contributed by atoms with Crippen LogP contribution in [0.1, 0.15) is 0 Å². The summed E-state index contributed by atoms with van der Waals surface area (Å²) in [4.78, 5) is 0. The highest BCUT2D eigenvalue weighted by Gasteiger charge is 2.32. The van der Waals surface area contributed by atoms with Gasteiger partial charge in [0.1, 0.15) is 19.0 Å². The Morgan fingerprint density at radius 2 is 2.11 bits per heavy atom. The molecule has 5 N–H and O–H groups in total. The van der Waals surface area contributed by atoms with E-state index in [0.29, 0.717) is 6.07 Å². The molecule has 104 valence electrons. The summed E-state index contributed by atoms with van der Waals surface area (Å²) < 4.78 is 43.3. The molecule has 0 atom stereocenters. The first-order valence-electron chi connectivity index (χ1n) is 4.96. The van der Waals surface area contributed by atoms with E-state index in [0.717, 1.165) is 11.1 Å². The zero-order valence-electron chi connectivity index (χ0n) is 9.61. The van der Waals surface area contributed by atoms with Crippen LogP contribution in [0.4, 0.5) is 24.5 Å². The number of hydrogen-bond acceptors (Lipinski definition) is 6. The first kappa shape index (κ1) is 14.9. The molecule has 9 heteroatoms. The molecular weight excluding hydrogens is 265 g/mol. The van der Waals surface area contributed by atoms with Crippen LogP contribution in [0.15, 0.2) is 12.1 Å². The molecule has 0 fully saturated rings. The maximum Gasteiger partial charge on any atom is 0.421 e. The minimum Gasteiger partial charge on any atom is -0.428 e. The number of aliphatic hydroxyl groups excluding tert-OH is 1. The highest BCUT2D eigenvalue weighted by molar-refractivity contribution is 5.65. The van der Waals surface area contributed by atoms with Crippen molar-refractivity contribution in [2.45, 2.75) is 6.11 Å². The van der Waals surface area contributed by atoms with Crippen LogP contribution in [0, 0.1) is 17.1 Å². The Morgan fingerprint density at radius 3 is 2.63 bits per heavy atom. The third kappa shape index (κ3) is 3.64. The second-order valence-electron chi connectivity index (χ2n) is 3.52. The van der Waals surface area contributed by atoms with Crippen LogP contribution in [-0.4, -0.2) is 24.4 Å². The fourth-order valence-corrected chi connectivity index (χ4v) is 1.22. The number of anilines is 2. The molecule has 0 aliphatic carbocycles. The van der Waals surface area contributed by atoms with Crippen molar-refractivity contribution in [3.63, 3.8) is 0 Å². The minimum absolute atomic E-state index is 0.200. The van der Waals surface area contributed by atoms with Gasteiger partial charge in [-0.05, 0) is 6.07 Å². The number of aliphatic hydroxyl groups is 1. The summed E-state index contributed by atoms with van der Waals surface area (Å²) >= 11 is 0. The van der Waals surface area contributed by atoms with Crippen molar-refractivity contribution in [1.29, 1.82) is 5.26 Å². The van der Waals surface area contributed by atoms with Gasteiger partial charge in [-0.1, -0.05) is 0 Å². The molecule has 0 aliphatic rings. The number of hydrogen-bond donors (Lipinski definition) is 3. The lowest BCUT2D eigenvalue weighted by atomic mass is 10.2. The number of hydrazine groups is 1. The molecule has 0 aromatic heterocycles. The van der Waals surface area contributed by atoms with Crippen LogP contribution >= 0.6 is 0 Å². The lowest BCUT2D eigenvalue weighted by Gasteiger charge is -2.22. The molecule has 0 saturated heterocycles. The van der Waals surface area contributed by atoms with Gasteiger partial charge in [-0.3, -0.25) is 5.01 Å². The molecule has 0 saturated carbocycles. The van der Waals surface area contributed by atoms with E-state index in [1.807, 2.05) is 0 Å². The number of alkyl halides is 2. The van der Waals surface area contributed by atoms with Gasteiger partial charge in [0.05, 0.1) is 17.4 Å². The van der Waals surface area contributed by atoms with E-state index >= 15 is 0 Å². The van der Waals surface area contributed by atoms with Crippen molar-refractivity contribution in [2.75, 3.05) is 23.9 Å². The Bertz CT molecular complexity index is 504. The van der Waals surface area contributed by atoms with Gasteiger partial charge in [0.15, 0.2) is 5.75 Å². The number of ether oxygens (including phenoxy) is 1. The van der Waals surface area contributed by atoms with Gasteiger partial charge in [0.25, 0.3) is 0 Å². The zero-order chi connectivity index (χ0) is 14.6. The van der Waals surface area contributed by atoms with Crippen LogP contribution in [0.2, 0.25) is 0 Å². The number of rotatable bonds is 5. The quantitative estimate of drug-likeness (QED) is 0.314. The highest BCUT2D eigenvalue weighted by Crippen LogP contribution is 2.34. The Kier molecular flexibility index (Phi) is 4.42. The third-order valence-electron chi connectivity index (χ3n) is 2.07. The van der Waals surface area contributed by atoms with E-state index in [1.165, 1.54) is 0 Å². The van der Waals surface area contributed by atoms with Crippen LogP contribution in [0.3, 0.4) is 0 Å². The number of nitrogen functional groups attached to an aromatic ring is 1. The van der Waals surface area contributed by atoms with E-state index in [9.17, 15) is 13.2 Å². The Morgan fingerprint density at radius 1 is 1.47 bits per heavy atom. The molecule has 1 rings (SSSR count). The van der Waals surface area contributed by atoms with Crippen LogP contribution < -0.4 is 21.3 Å². The molecule has 0 spiro atoms. The smallest absolute Gasteiger partial charge is 0.421 e. The second kappa shape index (κ2) is 5.64. The SMILES string of the molecule is N#CCN(N)c1cc(N)c(F)cc1OC(F)(F)CO. The van der Waals surface area contributed by atoms with Crippen LogP contribution in [0.5, 0.6) is 5.75 Å². The predicted octanol–water partition coefficient (Wildman–Crippen LogP) is 0.575. The number of halogens is 3. The van der Waals surface area contributed by atoms with Crippen molar-refractivity contribution >= 4 is 11.4 Å². The molecule has 0 aliphatic heterocycles. The number of nitriles is 1. The van der Waals surface area contributed by atoms with Crippen molar-refractivity contribution < 1.29 is 23.0 Å². The van der Waals surface area contributed by atoms with E-state index in [4.69, 9.17) is 21.9 Å². The van der Waals surface area contributed by atoms with Gasteiger partial charge in [0.2, 0.25) is 0 Å². The van der Waals surface area contributed by atoms with Gasteiger partial charge in [-0.2, -0.15) is 14.0 Å². The summed E-state index contributed by atoms with van der Waals surface area (Å²) in [5.74, 6) is 3.81. The van der Waals surface area contributed by atoms with E-state index in [-0.39, 0.29) is 17.9 Å². The first-order chi connectivity index (χ1) is 8.80. The van der Waals surface area contributed by atoms with Gasteiger partial charge in [-0.15, -0.1) is 0 Å². The molecule has 1 aromatic carbocycles. The molecule has 0 bridgehead atoms. The summed E-state index contributed by atoms with van der Waals surface area (Å²) in [5.41, 5.74) is 4.74. The highest BCUT2D eigenvalue weighted by atomic mass is 19.3. The van der Waals surface area contributed by atoms with Crippen molar-refractivity contribution in [2.24, 2.45) is 5.84 Å². The fraction of sp³-hybridized carbons (Fsp3) is 0.300. The average Bonchev–Trinajstić information content (AvgIpc) is 2.33. The molecular formula is C10H11F3N4O2. The normalized spacial score (nSPS) is 10.9. The molecule has 6 nitrogen and oxygen atoms in total. The summed E-state index contributed by atoms with van der Waals surface area (Å²) in [6.45, 7) is -1.95. The van der Waals surface area contributed by atoms with Crippen LogP contribution in [-0.2, 0) is 0 Å². The van der Waals surface area contributed by atoms with Crippen molar-refractivity contribution in [3.05, 3.63) is 17.9 Å². The second-order valence-corrected chi connectivity index (χ2v) is 3.52. The van der Waals surface area contributed by atoms with Crippen molar-refractivity contribution in [1.82, 2.24) is 0 Å². The lowest BCUT2D eigenvalue weighted by Crippen LogP contribution is -2.34. The number of benzene rings is 1. The van der Waals surface area contributed by atoms with Crippen LogP contribution in [0.25, 0.3) is 0 Å². The molecule has 0 heterocycles. The summed E-state index contributed by atoms with van der Waals surface area (Å²) in [6.07, 6.45) is -3.91. The predicted molar refractivity (Wildman–Crippen MR) is 60.6 cm³/mol. The third-order valence-corrected chi connectivity index (χ3v) is 2.07. The number of nitrogens with zero attached hydrogens (tertiary/aromatic N) is 2. The zero-order valence-corrected chi connectivity index (χ0v) is 9.61. The molecule has 19 heavy (non-hydrogen) atoms. The van der Waals surface area contributed by atoms with E-state index in [1.54, 1.807) is 6.07 Å². The Labute approximate surface area is 106 Å². The average molecular weight is 276 g/mol. The van der Waals surface area contributed by atoms with Crippen molar-refractivity contribution in [3.8, 4) is 11.8 Å².